The molecule has 0 amide bonds. The molecule has 4 nitrogen and oxygen atoms in total. The van der Waals surface area contributed by atoms with Crippen molar-refractivity contribution in [2.24, 2.45) is 10.2 Å². The van der Waals surface area contributed by atoms with Crippen molar-refractivity contribution in [3.8, 4) is 0 Å². The fourth-order valence-electron chi connectivity index (χ4n) is 1.41. The average molecular weight is 241 g/mol. The van der Waals surface area contributed by atoms with Crippen molar-refractivity contribution < 1.29 is 4.42 Å². The Morgan fingerprint density at radius 3 is 2.33 bits per heavy atom. The summed E-state index contributed by atoms with van der Waals surface area (Å²) in [5.41, 5.74) is 2.17. The molecule has 0 spiro atoms. The Morgan fingerprint density at radius 2 is 1.72 bits per heavy atom. The fourth-order valence-corrected chi connectivity index (χ4v) is 1.41. The van der Waals surface area contributed by atoms with Gasteiger partial charge in [-0.25, -0.2) is 0 Å². The smallest absolute Gasteiger partial charge is 0.146 e. The molecule has 1 aromatic heterocycles. The molecule has 2 rings (SSSR count). The van der Waals surface area contributed by atoms with E-state index in [2.05, 4.69) is 15.1 Å². The van der Waals surface area contributed by atoms with E-state index in [0.717, 1.165) is 11.3 Å². The van der Waals surface area contributed by atoms with Gasteiger partial charge in [0.2, 0.25) is 0 Å². The molecule has 2 aromatic rings. The second-order valence-corrected chi connectivity index (χ2v) is 3.99. The Labute approximate surface area is 106 Å². The van der Waals surface area contributed by atoms with Gasteiger partial charge in [0, 0.05) is 19.8 Å². The van der Waals surface area contributed by atoms with Crippen molar-refractivity contribution >= 4 is 18.1 Å². The first-order chi connectivity index (χ1) is 8.75. The molecule has 0 unspecified atom stereocenters. The lowest BCUT2D eigenvalue weighted by Gasteiger charge is -2.11. The fraction of sp³-hybridized carbons (Fsp3) is 0.143. The Morgan fingerprint density at radius 1 is 1.00 bits per heavy atom. The number of anilines is 1. The van der Waals surface area contributed by atoms with E-state index in [4.69, 9.17) is 4.42 Å². The van der Waals surface area contributed by atoms with E-state index in [1.165, 1.54) is 0 Å². The summed E-state index contributed by atoms with van der Waals surface area (Å²) in [5.74, 6) is 0.690. The Hall–Kier alpha value is -2.36. The number of hydrogen-bond donors (Lipinski definition) is 0. The minimum Gasteiger partial charge on any atom is -0.463 e. The van der Waals surface area contributed by atoms with Gasteiger partial charge in [0.25, 0.3) is 0 Å². The summed E-state index contributed by atoms with van der Waals surface area (Å²) in [6.45, 7) is 0. The monoisotopic (exact) mass is 241 g/mol. The molecule has 4 heteroatoms. The van der Waals surface area contributed by atoms with Crippen molar-refractivity contribution in [1.82, 2.24) is 0 Å². The zero-order valence-electron chi connectivity index (χ0n) is 10.4. The van der Waals surface area contributed by atoms with Gasteiger partial charge in [0.15, 0.2) is 0 Å². The van der Waals surface area contributed by atoms with Crippen LogP contribution in [0, 0.1) is 0 Å². The van der Waals surface area contributed by atoms with Crippen LogP contribution >= 0.6 is 0 Å². The van der Waals surface area contributed by atoms with Crippen LogP contribution in [0.2, 0.25) is 0 Å². The maximum absolute atomic E-state index is 5.10. The van der Waals surface area contributed by atoms with Gasteiger partial charge < -0.3 is 9.32 Å². The van der Waals surface area contributed by atoms with Gasteiger partial charge in [0.05, 0.1) is 18.7 Å². The highest BCUT2D eigenvalue weighted by Gasteiger charge is 1.93. The molecule has 1 aromatic carbocycles. The zero-order valence-corrected chi connectivity index (χ0v) is 10.4. The van der Waals surface area contributed by atoms with Gasteiger partial charge in [-0.15, -0.1) is 0 Å². The van der Waals surface area contributed by atoms with Crippen LogP contribution in [0.4, 0.5) is 5.69 Å². The van der Waals surface area contributed by atoms with E-state index in [1.54, 1.807) is 18.7 Å². The van der Waals surface area contributed by atoms with Crippen LogP contribution in [0.25, 0.3) is 0 Å². The van der Waals surface area contributed by atoms with Crippen LogP contribution in [-0.4, -0.2) is 26.5 Å². The highest BCUT2D eigenvalue weighted by molar-refractivity contribution is 5.81. The molecule has 92 valence electrons. The van der Waals surface area contributed by atoms with E-state index < -0.39 is 0 Å². The Kier molecular flexibility index (Phi) is 3.91. The number of benzene rings is 1. The Bertz CT molecular complexity index is 525. The molecule has 0 aliphatic carbocycles. The first-order valence-corrected chi connectivity index (χ1v) is 5.63. The topological polar surface area (TPSA) is 41.1 Å². The van der Waals surface area contributed by atoms with E-state index in [-0.39, 0.29) is 0 Å². The van der Waals surface area contributed by atoms with Crippen LogP contribution in [0.15, 0.2) is 57.3 Å². The third kappa shape index (κ3) is 3.31. The molecule has 0 atom stereocenters. The largest absolute Gasteiger partial charge is 0.463 e. The molecular weight excluding hydrogens is 226 g/mol. The number of hydrogen-bond acceptors (Lipinski definition) is 4. The van der Waals surface area contributed by atoms with Crippen LogP contribution < -0.4 is 4.90 Å². The lowest BCUT2D eigenvalue weighted by molar-refractivity contribution is 0.560. The lowest BCUT2D eigenvalue weighted by Crippen LogP contribution is -2.08. The lowest BCUT2D eigenvalue weighted by atomic mass is 10.2. The normalized spacial score (nSPS) is 11.4. The average Bonchev–Trinajstić information content (AvgIpc) is 2.88. The molecule has 0 bridgehead atoms. The van der Waals surface area contributed by atoms with Gasteiger partial charge in [-0.2, -0.15) is 10.2 Å². The standard InChI is InChI=1S/C14H15N3O/c1-17(2)13-7-5-12(6-8-13)10-15-16-11-14-4-3-9-18-14/h3-11H,1-2H3. The van der Waals surface area contributed by atoms with Crippen LogP contribution in [0.5, 0.6) is 0 Å². The van der Waals surface area contributed by atoms with Crippen molar-refractivity contribution in [3.05, 3.63) is 54.0 Å². The third-order valence-corrected chi connectivity index (χ3v) is 2.41. The quantitative estimate of drug-likeness (QED) is 0.610. The maximum Gasteiger partial charge on any atom is 0.146 e. The molecule has 1 heterocycles. The van der Waals surface area contributed by atoms with E-state index in [9.17, 15) is 0 Å². The highest BCUT2D eigenvalue weighted by Crippen LogP contribution is 2.10. The van der Waals surface area contributed by atoms with Gasteiger partial charge in [0.1, 0.15) is 5.76 Å². The first kappa shape index (κ1) is 12.1. The van der Waals surface area contributed by atoms with E-state index >= 15 is 0 Å². The molecule has 0 saturated heterocycles. The molecular formula is C14H15N3O. The van der Waals surface area contributed by atoms with E-state index in [1.807, 2.05) is 50.5 Å². The Balaban J connectivity index is 1.97. The summed E-state index contributed by atoms with van der Waals surface area (Å²) >= 11 is 0. The third-order valence-electron chi connectivity index (χ3n) is 2.41. The molecule has 0 N–H and O–H groups in total. The minimum atomic E-state index is 0.690. The van der Waals surface area contributed by atoms with Crippen molar-refractivity contribution in [1.29, 1.82) is 0 Å². The molecule has 0 radical (unpaired) electrons. The van der Waals surface area contributed by atoms with Gasteiger partial charge in [-0.1, -0.05) is 12.1 Å². The maximum atomic E-state index is 5.10. The second-order valence-electron chi connectivity index (χ2n) is 3.99. The van der Waals surface area contributed by atoms with Gasteiger partial charge >= 0.3 is 0 Å². The number of furan rings is 1. The molecule has 0 aliphatic rings. The summed E-state index contributed by atoms with van der Waals surface area (Å²) in [5, 5.41) is 7.87. The summed E-state index contributed by atoms with van der Waals surface area (Å²) in [6.07, 6.45) is 4.88. The van der Waals surface area contributed by atoms with Crippen LogP contribution in [0.3, 0.4) is 0 Å². The zero-order chi connectivity index (χ0) is 12.8. The van der Waals surface area contributed by atoms with Crippen molar-refractivity contribution in [2.45, 2.75) is 0 Å². The van der Waals surface area contributed by atoms with Crippen LogP contribution in [0.1, 0.15) is 11.3 Å². The highest BCUT2D eigenvalue weighted by atomic mass is 16.3. The molecule has 18 heavy (non-hydrogen) atoms. The number of rotatable bonds is 4. The molecule has 0 saturated carbocycles. The summed E-state index contributed by atoms with van der Waals surface area (Å²) < 4.78 is 5.10. The van der Waals surface area contributed by atoms with Crippen molar-refractivity contribution in [2.75, 3.05) is 19.0 Å². The summed E-state index contributed by atoms with van der Waals surface area (Å²) in [4.78, 5) is 2.05. The molecule has 0 fully saturated rings. The van der Waals surface area contributed by atoms with Crippen molar-refractivity contribution in [3.63, 3.8) is 0 Å². The van der Waals surface area contributed by atoms with Crippen LogP contribution in [-0.2, 0) is 0 Å². The molecule has 0 aliphatic heterocycles. The first-order valence-electron chi connectivity index (χ1n) is 5.63. The minimum absolute atomic E-state index is 0.690. The summed E-state index contributed by atoms with van der Waals surface area (Å²) in [7, 11) is 4.02. The van der Waals surface area contributed by atoms with Gasteiger partial charge in [-0.3, -0.25) is 0 Å². The second kappa shape index (κ2) is 5.82. The van der Waals surface area contributed by atoms with E-state index in [0.29, 0.717) is 5.76 Å². The SMILES string of the molecule is CN(C)c1ccc(C=NN=Cc2ccco2)cc1. The summed E-state index contributed by atoms with van der Waals surface area (Å²) in [6, 6.07) is 11.7. The van der Waals surface area contributed by atoms with Gasteiger partial charge in [-0.05, 0) is 29.8 Å². The predicted molar refractivity (Wildman–Crippen MR) is 74.7 cm³/mol. The number of nitrogens with zero attached hydrogens (tertiary/aromatic N) is 3. The predicted octanol–water partition coefficient (Wildman–Crippen LogP) is 2.80.